The Hall–Kier alpha value is -1.97. The fourth-order valence-corrected chi connectivity index (χ4v) is 2.63. The quantitative estimate of drug-likeness (QED) is 0.666. The van der Waals surface area contributed by atoms with Crippen LogP contribution in [0.2, 0.25) is 0 Å². The maximum absolute atomic E-state index is 11.8. The molecular formula is C17H20O4. The monoisotopic (exact) mass is 288 g/mol. The summed E-state index contributed by atoms with van der Waals surface area (Å²) in [7, 11) is 1.56. The molecule has 1 aromatic rings. The van der Waals surface area contributed by atoms with Crippen LogP contribution in [0, 0.1) is 13.8 Å². The summed E-state index contributed by atoms with van der Waals surface area (Å²) in [5.74, 6) is 0.102. The van der Waals surface area contributed by atoms with Gasteiger partial charge in [-0.3, -0.25) is 0 Å². The van der Waals surface area contributed by atoms with Gasteiger partial charge in [-0.2, -0.15) is 0 Å². The van der Waals surface area contributed by atoms with Crippen molar-refractivity contribution in [3.63, 3.8) is 0 Å². The molecule has 0 spiro atoms. The van der Waals surface area contributed by atoms with Crippen LogP contribution in [0.15, 0.2) is 11.6 Å². The Bertz CT molecular complexity index is 600. The van der Waals surface area contributed by atoms with Gasteiger partial charge >= 0.3 is 5.97 Å². The van der Waals surface area contributed by atoms with Crippen LogP contribution in [-0.4, -0.2) is 18.2 Å². The molecule has 1 N–H and O–H groups in total. The Morgan fingerprint density at radius 3 is 2.86 bits per heavy atom. The third-order valence-electron chi connectivity index (χ3n) is 3.84. The molecule has 1 heterocycles. The number of fused-ring (bicyclic) bond motifs is 1. The zero-order valence-electron chi connectivity index (χ0n) is 12.7. The minimum Gasteiger partial charge on any atom is -0.507 e. The zero-order chi connectivity index (χ0) is 15.6. The van der Waals surface area contributed by atoms with Gasteiger partial charge in [-0.25, -0.2) is 4.79 Å². The lowest BCUT2D eigenvalue weighted by Crippen LogP contribution is -2.03. The number of rotatable bonds is 5. The van der Waals surface area contributed by atoms with E-state index in [0.717, 1.165) is 17.6 Å². The van der Waals surface area contributed by atoms with E-state index < -0.39 is 5.97 Å². The van der Waals surface area contributed by atoms with Crippen LogP contribution in [0.25, 0.3) is 0 Å². The van der Waals surface area contributed by atoms with Gasteiger partial charge in [0.1, 0.15) is 23.7 Å². The minimum atomic E-state index is -0.475. The fourth-order valence-electron chi connectivity index (χ4n) is 2.63. The highest BCUT2D eigenvalue weighted by Gasteiger charge is 2.31. The number of hydrogen-bond acceptors (Lipinski definition) is 4. The number of hydrogen-bond donors (Lipinski definition) is 1. The van der Waals surface area contributed by atoms with Crippen LogP contribution >= 0.6 is 0 Å². The Morgan fingerprint density at radius 2 is 2.24 bits per heavy atom. The molecule has 1 aromatic carbocycles. The SMILES string of the molecule is [CH]CCC(C)=CCc1c(O)c2c(c(C)c1OC)COC2=O. The number of allylic oxidation sites excluding steroid dienone is 2. The van der Waals surface area contributed by atoms with Crippen LogP contribution in [0.5, 0.6) is 11.5 Å². The van der Waals surface area contributed by atoms with Gasteiger partial charge in [0.25, 0.3) is 0 Å². The molecule has 0 aromatic heterocycles. The Balaban J connectivity index is 2.50. The molecule has 0 amide bonds. The number of esters is 1. The maximum atomic E-state index is 11.8. The lowest BCUT2D eigenvalue weighted by Gasteiger charge is -2.15. The first-order chi connectivity index (χ1) is 10.0. The number of aromatic hydroxyl groups is 1. The summed E-state index contributed by atoms with van der Waals surface area (Å²) in [6.07, 6.45) is 3.87. The van der Waals surface area contributed by atoms with E-state index in [0.29, 0.717) is 29.7 Å². The molecule has 0 bridgehead atoms. The molecule has 2 rings (SSSR count). The van der Waals surface area contributed by atoms with Gasteiger partial charge in [0.05, 0.1) is 7.11 Å². The predicted molar refractivity (Wildman–Crippen MR) is 79.5 cm³/mol. The summed E-state index contributed by atoms with van der Waals surface area (Å²) in [5.41, 5.74) is 3.58. The fraction of sp³-hybridized carbons (Fsp3) is 0.412. The summed E-state index contributed by atoms with van der Waals surface area (Å²) in [6.45, 7) is 9.58. The topological polar surface area (TPSA) is 55.8 Å². The van der Waals surface area contributed by atoms with Crippen molar-refractivity contribution in [2.24, 2.45) is 0 Å². The number of ether oxygens (including phenoxy) is 2. The third kappa shape index (κ3) is 2.75. The highest BCUT2D eigenvalue weighted by molar-refractivity contribution is 5.98. The molecule has 2 radical (unpaired) electrons. The Labute approximate surface area is 125 Å². The molecule has 1 aliphatic heterocycles. The Kier molecular flexibility index (Phi) is 4.56. The normalized spacial score (nSPS) is 14.1. The van der Waals surface area contributed by atoms with Gasteiger partial charge in [0.15, 0.2) is 0 Å². The molecule has 0 unspecified atom stereocenters. The molecule has 21 heavy (non-hydrogen) atoms. The lowest BCUT2D eigenvalue weighted by molar-refractivity contribution is 0.0533. The maximum Gasteiger partial charge on any atom is 0.342 e. The summed E-state index contributed by atoms with van der Waals surface area (Å²) < 4.78 is 10.4. The molecule has 0 saturated carbocycles. The summed E-state index contributed by atoms with van der Waals surface area (Å²) in [4.78, 5) is 11.8. The van der Waals surface area contributed by atoms with E-state index in [1.54, 1.807) is 7.11 Å². The van der Waals surface area contributed by atoms with Crippen molar-refractivity contribution in [1.82, 2.24) is 0 Å². The average Bonchev–Trinajstić information content (AvgIpc) is 2.84. The van der Waals surface area contributed by atoms with Crippen molar-refractivity contribution in [1.29, 1.82) is 0 Å². The summed E-state index contributed by atoms with van der Waals surface area (Å²) in [5, 5.41) is 10.4. The van der Waals surface area contributed by atoms with Crippen LogP contribution in [0.3, 0.4) is 0 Å². The van der Waals surface area contributed by atoms with Crippen molar-refractivity contribution in [3.8, 4) is 11.5 Å². The second-order valence-corrected chi connectivity index (χ2v) is 5.21. The number of carbonyl (C=O) groups is 1. The van der Waals surface area contributed by atoms with Gasteiger partial charge in [0.2, 0.25) is 0 Å². The molecule has 0 saturated heterocycles. The smallest absolute Gasteiger partial charge is 0.342 e. The third-order valence-corrected chi connectivity index (χ3v) is 3.84. The van der Waals surface area contributed by atoms with Crippen LogP contribution in [-0.2, 0) is 17.8 Å². The molecule has 1 aliphatic rings. The second-order valence-electron chi connectivity index (χ2n) is 5.21. The predicted octanol–water partition coefficient (Wildman–Crippen LogP) is 3.36. The van der Waals surface area contributed by atoms with Crippen LogP contribution in [0.4, 0.5) is 0 Å². The van der Waals surface area contributed by atoms with Crippen molar-refractivity contribution >= 4 is 5.97 Å². The first-order valence-electron chi connectivity index (χ1n) is 6.95. The molecule has 0 aliphatic carbocycles. The van der Waals surface area contributed by atoms with Gasteiger partial charge in [-0.05, 0) is 45.6 Å². The summed E-state index contributed by atoms with van der Waals surface area (Å²) in [6, 6.07) is 0. The van der Waals surface area contributed by atoms with E-state index in [9.17, 15) is 9.90 Å². The van der Waals surface area contributed by atoms with Crippen molar-refractivity contribution in [3.05, 3.63) is 40.8 Å². The first-order valence-corrected chi connectivity index (χ1v) is 6.95. The number of benzene rings is 1. The van der Waals surface area contributed by atoms with Gasteiger partial charge in [-0.1, -0.05) is 11.6 Å². The minimum absolute atomic E-state index is 0.0354. The van der Waals surface area contributed by atoms with E-state index in [2.05, 4.69) is 0 Å². The summed E-state index contributed by atoms with van der Waals surface area (Å²) >= 11 is 0. The molecule has 0 atom stereocenters. The van der Waals surface area contributed by atoms with E-state index in [1.807, 2.05) is 19.9 Å². The molecule has 4 nitrogen and oxygen atoms in total. The number of carbonyl (C=O) groups excluding carboxylic acids is 1. The lowest BCUT2D eigenvalue weighted by atomic mass is 9.94. The number of phenols is 1. The largest absolute Gasteiger partial charge is 0.507 e. The Morgan fingerprint density at radius 1 is 1.52 bits per heavy atom. The zero-order valence-corrected chi connectivity index (χ0v) is 12.7. The van der Waals surface area contributed by atoms with Crippen LogP contribution < -0.4 is 4.74 Å². The molecule has 4 heteroatoms. The highest BCUT2D eigenvalue weighted by atomic mass is 16.5. The van der Waals surface area contributed by atoms with Gasteiger partial charge in [-0.15, -0.1) is 0 Å². The average molecular weight is 288 g/mol. The van der Waals surface area contributed by atoms with Gasteiger partial charge < -0.3 is 14.6 Å². The van der Waals surface area contributed by atoms with Gasteiger partial charge in [0, 0.05) is 11.1 Å². The number of cyclic esters (lactones) is 1. The van der Waals surface area contributed by atoms with Crippen LogP contribution in [0.1, 0.15) is 46.8 Å². The molecular weight excluding hydrogens is 268 g/mol. The number of phenolic OH excluding ortho intramolecular Hbond substituents is 1. The molecule has 0 fully saturated rings. The highest BCUT2D eigenvalue weighted by Crippen LogP contribution is 2.41. The van der Waals surface area contributed by atoms with Crippen molar-refractivity contribution in [2.45, 2.75) is 39.7 Å². The van der Waals surface area contributed by atoms with Crippen molar-refractivity contribution < 1.29 is 19.4 Å². The van der Waals surface area contributed by atoms with E-state index in [4.69, 9.17) is 16.4 Å². The molecule has 112 valence electrons. The van der Waals surface area contributed by atoms with E-state index >= 15 is 0 Å². The second kappa shape index (κ2) is 6.20. The number of methoxy groups -OCH3 is 1. The first kappa shape index (κ1) is 15.4. The standard InChI is InChI=1S/C17H20O4/c1-5-6-10(2)7-8-12-15(18)14-13(9-21-17(14)19)11(3)16(12)20-4/h1,7,18H,5-6,8-9H2,2-4H3. The van der Waals surface area contributed by atoms with E-state index in [1.165, 1.54) is 0 Å². The van der Waals surface area contributed by atoms with Crippen molar-refractivity contribution in [2.75, 3.05) is 7.11 Å². The van der Waals surface area contributed by atoms with E-state index in [-0.39, 0.29) is 17.9 Å².